The molecular weight excluding hydrogens is 376 g/mol. The number of rotatable bonds is 6. The Morgan fingerprint density at radius 1 is 0.964 bits per heavy atom. The summed E-state index contributed by atoms with van der Waals surface area (Å²) < 4.78 is 32.5. The van der Waals surface area contributed by atoms with Gasteiger partial charge in [0.2, 0.25) is 15.9 Å². The SMILES string of the molecule is CC(=O)N1CCCC(NS(C)(=O)=O)C1COC1CCC(C2CCCCC2)CC1. The molecule has 0 aromatic rings. The molecule has 0 aromatic heterocycles. The minimum Gasteiger partial charge on any atom is -0.376 e. The van der Waals surface area contributed by atoms with Crippen LogP contribution in [0.25, 0.3) is 0 Å². The summed E-state index contributed by atoms with van der Waals surface area (Å²) in [5.41, 5.74) is 0. The maximum atomic E-state index is 12.1. The number of sulfonamides is 1. The fourth-order valence-corrected chi connectivity index (χ4v) is 6.46. The molecule has 1 aliphatic heterocycles. The molecule has 1 amide bonds. The first-order chi connectivity index (χ1) is 13.3. The Bertz CT molecular complexity index is 610. The van der Waals surface area contributed by atoms with Gasteiger partial charge in [0.05, 0.1) is 25.0 Å². The molecule has 2 unspecified atom stereocenters. The normalized spacial score (nSPS) is 33.0. The van der Waals surface area contributed by atoms with E-state index in [1.54, 1.807) is 11.8 Å². The number of nitrogens with one attached hydrogen (secondary N) is 1. The number of piperidine rings is 1. The van der Waals surface area contributed by atoms with Crippen molar-refractivity contribution in [1.82, 2.24) is 9.62 Å². The lowest BCUT2D eigenvalue weighted by molar-refractivity contribution is -0.136. The van der Waals surface area contributed by atoms with Crippen molar-refractivity contribution < 1.29 is 17.9 Å². The highest BCUT2D eigenvalue weighted by Gasteiger charge is 2.36. The molecule has 0 aromatic carbocycles. The molecule has 1 heterocycles. The van der Waals surface area contributed by atoms with Crippen LogP contribution in [0.5, 0.6) is 0 Å². The topological polar surface area (TPSA) is 75.7 Å². The van der Waals surface area contributed by atoms with E-state index in [0.29, 0.717) is 13.2 Å². The fourth-order valence-electron chi connectivity index (χ4n) is 5.63. The average molecular weight is 415 g/mol. The summed E-state index contributed by atoms with van der Waals surface area (Å²) in [7, 11) is -3.31. The fraction of sp³-hybridized carbons (Fsp3) is 0.952. The van der Waals surface area contributed by atoms with Crippen LogP contribution in [0.4, 0.5) is 0 Å². The van der Waals surface area contributed by atoms with Gasteiger partial charge in [0, 0.05) is 19.5 Å². The predicted octanol–water partition coefficient (Wildman–Crippen LogP) is 3.07. The Balaban J connectivity index is 1.52. The number of nitrogens with zero attached hydrogens (tertiary/aromatic N) is 1. The van der Waals surface area contributed by atoms with E-state index in [4.69, 9.17) is 4.74 Å². The van der Waals surface area contributed by atoms with Crippen molar-refractivity contribution in [3.8, 4) is 0 Å². The molecule has 28 heavy (non-hydrogen) atoms. The van der Waals surface area contributed by atoms with Gasteiger partial charge in [-0.1, -0.05) is 32.1 Å². The summed E-state index contributed by atoms with van der Waals surface area (Å²) >= 11 is 0. The lowest BCUT2D eigenvalue weighted by atomic mass is 9.73. The van der Waals surface area contributed by atoms with Gasteiger partial charge in [-0.05, 0) is 50.4 Å². The minimum absolute atomic E-state index is 0.00499. The Morgan fingerprint density at radius 2 is 1.61 bits per heavy atom. The molecule has 2 saturated carbocycles. The van der Waals surface area contributed by atoms with E-state index in [0.717, 1.165) is 37.5 Å². The minimum atomic E-state index is -3.31. The van der Waals surface area contributed by atoms with Gasteiger partial charge in [-0.15, -0.1) is 0 Å². The Labute approximate surface area is 170 Å². The van der Waals surface area contributed by atoms with Crippen LogP contribution >= 0.6 is 0 Å². The lowest BCUT2D eigenvalue weighted by Gasteiger charge is -2.42. The van der Waals surface area contributed by atoms with Crippen molar-refractivity contribution in [3.05, 3.63) is 0 Å². The van der Waals surface area contributed by atoms with Crippen molar-refractivity contribution in [2.24, 2.45) is 11.8 Å². The highest BCUT2D eigenvalue weighted by molar-refractivity contribution is 7.88. The molecule has 6 nitrogen and oxygen atoms in total. The smallest absolute Gasteiger partial charge is 0.219 e. The van der Waals surface area contributed by atoms with Gasteiger partial charge in [0.15, 0.2) is 0 Å². The molecule has 3 rings (SSSR count). The first kappa shape index (κ1) is 22.0. The number of likely N-dealkylation sites (tertiary alicyclic amines) is 1. The van der Waals surface area contributed by atoms with Crippen LogP contribution in [0.2, 0.25) is 0 Å². The summed E-state index contributed by atoms with van der Waals surface area (Å²) in [5.74, 6) is 1.78. The molecule has 162 valence electrons. The first-order valence-corrected chi connectivity index (χ1v) is 13.1. The summed E-state index contributed by atoms with van der Waals surface area (Å²) in [5, 5.41) is 0. The van der Waals surface area contributed by atoms with E-state index in [9.17, 15) is 13.2 Å². The Hall–Kier alpha value is -0.660. The highest BCUT2D eigenvalue weighted by atomic mass is 32.2. The second-order valence-electron chi connectivity index (χ2n) is 9.19. The highest BCUT2D eigenvalue weighted by Crippen LogP contribution is 2.39. The van der Waals surface area contributed by atoms with Gasteiger partial charge in [-0.3, -0.25) is 4.79 Å². The lowest BCUT2D eigenvalue weighted by Crippen LogP contribution is -2.58. The predicted molar refractivity (Wildman–Crippen MR) is 110 cm³/mol. The molecular formula is C21H38N2O4S. The molecule has 0 bridgehead atoms. The number of hydrogen-bond donors (Lipinski definition) is 1. The Morgan fingerprint density at radius 3 is 2.21 bits per heavy atom. The molecule has 7 heteroatoms. The second-order valence-corrected chi connectivity index (χ2v) is 11.0. The van der Waals surface area contributed by atoms with Gasteiger partial charge >= 0.3 is 0 Å². The third-order valence-corrected chi connectivity index (χ3v) is 7.82. The van der Waals surface area contributed by atoms with E-state index >= 15 is 0 Å². The number of carbonyl (C=O) groups is 1. The summed E-state index contributed by atoms with van der Waals surface area (Å²) in [4.78, 5) is 13.9. The molecule has 2 atom stereocenters. The summed E-state index contributed by atoms with van der Waals surface area (Å²) in [6.07, 6.45) is 14.7. The number of hydrogen-bond acceptors (Lipinski definition) is 4. The molecule has 0 radical (unpaired) electrons. The monoisotopic (exact) mass is 414 g/mol. The zero-order valence-electron chi connectivity index (χ0n) is 17.6. The molecule has 1 N–H and O–H groups in total. The second kappa shape index (κ2) is 9.90. The number of amides is 1. The van der Waals surface area contributed by atoms with Crippen LogP contribution in [0, 0.1) is 11.8 Å². The maximum absolute atomic E-state index is 12.1. The van der Waals surface area contributed by atoms with Crippen LogP contribution in [-0.4, -0.2) is 56.8 Å². The van der Waals surface area contributed by atoms with Crippen LogP contribution in [0.15, 0.2) is 0 Å². The maximum Gasteiger partial charge on any atom is 0.219 e. The van der Waals surface area contributed by atoms with Crippen molar-refractivity contribution in [2.45, 2.75) is 95.7 Å². The van der Waals surface area contributed by atoms with Crippen molar-refractivity contribution in [3.63, 3.8) is 0 Å². The van der Waals surface area contributed by atoms with Gasteiger partial charge in [-0.25, -0.2) is 13.1 Å². The van der Waals surface area contributed by atoms with Crippen molar-refractivity contribution in [2.75, 3.05) is 19.4 Å². The van der Waals surface area contributed by atoms with E-state index in [-0.39, 0.29) is 24.1 Å². The van der Waals surface area contributed by atoms with Gasteiger partial charge in [0.25, 0.3) is 0 Å². The largest absolute Gasteiger partial charge is 0.376 e. The summed E-state index contributed by atoms with van der Waals surface area (Å²) in [6.45, 7) is 2.66. The molecule has 3 fully saturated rings. The van der Waals surface area contributed by atoms with Crippen LogP contribution in [0.3, 0.4) is 0 Å². The molecule has 0 spiro atoms. The average Bonchev–Trinajstić information content (AvgIpc) is 2.66. The van der Waals surface area contributed by atoms with Crippen LogP contribution in [0.1, 0.15) is 77.6 Å². The molecule has 2 aliphatic carbocycles. The first-order valence-electron chi connectivity index (χ1n) is 11.2. The zero-order valence-corrected chi connectivity index (χ0v) is 18.4. The number of carbonyl (C=O) groups excluding carboxylic acids is 1. The van der Waals surface area contributed by atoms with E-state index in [2.05, 4.69) is 4.72 Å². The third-order valence-electron chi connectivity index (χ3n) is 7.09. The summed E-state index contributed by atoms with van der Waals surface area (Å²) in [6, 6.07) is -0.469. The van der Waals surface area contributed by atoms with Gasteiger partial charge in [-0.2, -0.15) is 0 Å². The van der Waals surface area contributed by atoms with Gasteiger partial charge in [0.1, 0.15) is 0 Å². The molecule has 3 aliphatic rings. The van der Waals surface area contributed by atoms with E-state index in [1.807, 2.05) is 0 Å². The Kier molecular flexibility index (Phi) is 7.79. The standard InChI is InChI=1S/C21H38N2O4S/c1-16(24)23-14-6-9-20(22-28(2,25)26)21(23)15-27-19-12-10-18(11-13-19)17-7-4-3-5-8-17/h17-22H,3-15H2,1-2H3. The van der Waals surface area contributed by atoms with E-state index in [1.165, 1.54) is 51.2 Å². The zero-order chi connectivity index (χ0) is 20.1. The number of ether oxygens (including phenoxy) is 1. The van der Waals surface area contributed by atoms with E-state index < -0.39 is 10.0 Å². The van der Waals surface area contributed by atoms with Crippen molar-refractivity contribution in [1.29, 1.82) is 0 Å². The van der Waals surface area contributed by atoms with Crippen LogP contribution in [-0.2, 0) is 19.6 Å². The van der Waals surface area contributed by atoms with Crippen molar-refractivity contribution >= 4 is 15.9 Å². The van der Waals surface area contributed by atoms with Gasteiger partial charge < -0.3 is 9.64 Å². The quantitative estimate of drug-likeness (QED) is 0.725. The molecule has 1 saturated heterocycles. The van der Waals surface area contributed by atoms with Crippen LogP contribution < -0.4 is 4.72 Å². The third kappa shape index (κ3) is 6.17.